The summed E-state index contributed by atoms with van der Waals surface area (Å²) in [6.07, 6.45) is 11.4. The van der Waals surface area contributed by atoms with Gasteiger partial charge < -0.3 is 40.0 Å². The van der Waals surface area contributed by atoms with Crippen LogP contribution in [-0.2, 0) is 45.7 Å². The summed E-state index contributed by atoms with van der Waals surface area (Å²) in [5, 5.41) is 20.2. The van der Waals surface area contributed by atoms with E-state index >= 15 is 8.78 Å². The second-order valence-electron chi connectivity index (χ2n) is 21.7. The molecule has 0 saturated carbocycles. The topological polar surface area (TPSA) is 232 Å². The lowest BCUT2D eigenvalue weighted by atomic mass is 9.76. The number of aryl methyl sites for hydroxylation is 2. The zero-order valence-corrected chi connectivity index (χ0v) is 46.0. The first-order valence-electron chi connectivity index (χ1n) is 25.3. The first-order chi connectivity index (χ1) is 35.7. The van der Waals surface area contributed by atoms with Gasteiger partial charge >= 0.3 is 19.3 Å². The number of alkyl carbamates (subject to hydrolysis) is 2. The number of amides is 2. The molecule has 2 aliphatic carbocycles. The number of fused-ring (bicyclic) bond motifs is 2. The van der Waals surface area contributed by atoms with E-state index in [4.69, 9.17) is 30.4 Å². The largest absolute Gasteiger partial charge is 0.497 e. The number of carbonyl (C=O) groups is 2. The molecule has 0 unspecified atom stereocenters. The predicted molar refractivity (Wildman–Crippen MR) is 284 cm³/mol. The number of ether oxygens (including phenoxy) is 2. The average Bonchev–Trinajstić information content (AvgIpc) is 3.87. The van der Waals surface area contributed by atoms with Gasteiger partial charge in [0, 0.05) is 44.1 Å². The maximum absolute atomic E-state index is 15.7. The van der Waals surface area contributed by atoms with Gasteiger partial charge in [0.15, 0.2) is 17.5 Å². The Labute approximate surface area is 447 Å². The number of rotatable bonds is 8. The zero-order chi connectivity index (χ0) is 55.2. The van der Waals surface area contributed by atoms with Crippen LogP contribution in [0.4, 0.5) is 41.9 Å². The molecule has 406 valence electrons. The Bertz CT molecular complexity index is 2980. The van der Waals surface area contributed by atoms with E-state index in [1.165, 1.54) is 12.7 Å². The van der Waals surface area contributed by atoms with Crippen LogP contribution in [0.2, 0.25) is 5.28 Å². The van der Waals surface area contributed by atoms with Gasteiger partial charge in [0.1, 0.15) is 35.5 Å². The Kier molecular flexibility index (Phi) is 17.7. The minimum Gasteiger partial charge on any atom is -0.444 e. The van der Waals surface area contributed by atoms with Gasteiger partial charge in [0.05, 0.1) is 28.8 Å². The summed E-state index contributed by atoms with van der Waals surface area (Å²) in [5.41, 5.74) is 1.25. The molecule has 6 aromatic rings. The van der Waals surface area contributed by atoms with E-state index in [9.17, 15) is 9.59 Å². The fourth-order valence-corrected chi connectivity index (χ4v) is 8.73. The minimum absolute atomic E-state index is 0.151. The highest BCUT2D eigenvalue weighted by atomic mass is 35.5. The lowest BCUT2D eigenvalue weighted by molar-refractivity contribution is 0.00578. The fraction of sp³-hybridized carbons (Fsp3) is 0.500. The fourth-order valence-electron chi connectivity index (χ4n) is 8.60. The third-order valence-corrected chi connectivity index (χ3v) is 13.0. The molecule has 0 bridgehead atoms. The lowest BCUT2D eigenvalue weighted by Gasteiger charge is -2.32. The number of anilines is 4. The Morgan fingerprint density at radius 2 is 1.14 bits per heavy atom. The molecule has 4 aromatic heterocycles. The molecule has 0 spiro atoms. The Balaban J connectivity index is 0.000000178. The molecule has 2 amide bonds. The molecule has 1 saturated heterocycles. The van der Waals surface area contributed by atoms with Crippen molar-refractivity contribution in [3.8, 4) is 11.4 Å². The summed E-state index contributed by atoms with van der Waals surface area (Å²) in [5.74, 6) is 1.45. The second kappa shape index (κ2) is 23.6. The van der Waals surface area contributed by atoms with E-state index in [0.29, 0.717) is 47.0 Å². The summed E-state index contributed by atoms with van der Waals surface area (Å²) < 4.78 is 57.5. The van der Waals surface area contributed by atoms with Crippen molar-refractivity contribution in [2.75, 3.05) is 10.6 Å². The van der Waals surface area contributed by atoms with Crippen molar-refractivity contribution >= 4 is 59.9 Å². The number of hydrogen-bond acceptors (Lipinski definition) is 16. The van der Waals surface area contributed by atoms with Crippen molar-refractivity contribution in [1.29, 1.82) is 0 Å². The van der Waals surface area contributed by atoms with E-state index in [1.807, 2.05) is 94.6 Å². The monoisotopic (exact) mass is 1070 g/mol. The summed E-state index contributed by atoms with van der Waals surface area (Å²) in [6.45, 7) is 18.7. The molecule has 24 heteroatoms. The number of benzene rings is 2. The smallest absolute Gasteiger partial charge is 0.444 e. The van der Waals surface area contributed by atoms with Crippen LogP contribution in [0.5, 0.6) is 0 Å². The molecule has 1 fully saturated rings. The Morgan fingerprint density at radius 3 is 1.62 bits per heavy atom. The number of nitrogens with zero attached hydrogens (tertiary/aromatic N) is 10. The summed E-state index contributed by atoms with van der Waals surface area (Å²) >= 11 is 5.59. The van der Waals surface area contributed by atoms with Gasteiger partial charge in [-0.15, -0.1) is 0 Å². The molecule has 76 heavy (non-hydrogen) atoms. The van der Waals surface area contributed by atoms with Gasteiger partial charge in [-0.05, 0) is 148 Å². The second-order valence-corrected chi connectivity index (χ2v) is 22.1. The van der Waals surface area contributed by atoms with Crippen molar-refractivity contribution in [3.63, 3.8) is 0 Å². The van der Waals surface area contributed by atoms with Crippen LogP contribution < -0.4 is 26.7 Å². The van der Waals surface area contributed by atoms with E-state index in [2.05, 4.69) is 61.4 Å². The van der Waals surface area contributed by atoms with Gasteiger partial charge in [-0.25, -0.2) is 38.3 Å². The van der Waals surface area contributed by atoms with Crippen LogP contribution in [0.3, 0.4) is 0 Å². The minimum atomic E-state index is -0.745. The maximum Gasteiger partial charge on any atom is 0.497 e. The Hall–Kier alpha value is -6.85. The molecular formula is C52H68BClF2N14O6. The van der Waals surface area contributed by atoms with Crippen LogP contribution in [0.15, 0.2) is 61.4 Å². The van der Waals surface area contributed by atoms with Crippen molar-refractivity contribution < 1.29 is 37.2 Å². The zero-order valence-electron chi connectivity index (χ0n) is 45.2. The average molecular weight is 1070 g/mol. The van der Waals surface area contributed by atoms with Crippen LogP contribution in [-0.4, -0.2) is 91.2 Å². The first kappa shape index (κ1) is 56.9. The molecule has 5 heterocycles. The maximum atomic E-state index is 15.7. The Morgan fingerprint density at radius 1 is 0.671 bits per heavy atom. The third kappa shape index (κ3) is 15.0. The number of hydrogen-bond donors (Lipinski definition) is 4. The number of aromatic nitrogens is 10. The van der Waals surface area contributed by atoms with E-state index in [-0.39, 0.29) is 46.3 Å². The molecule has 1 aliphatic heterocycles. The van der Waals surface area contributed by atoms with E-state index < -0.39 is 41.7 Å². The molecule has 2 aromatic carbocycles. The number of nitrogens with one attached hydrogen (secondary N) is 4. The van der Waals surface area contributed by atoms with Crippen molar-refractivity contribution in [2.45, 2.75) is 155 Å². The van der Waals surface area contributed by atoms with Crippen molar-refractivity contribution in [2.24, 2.45) is 14.1 Å². The normalized spacial score (nSPS) is 17.7. The van der Waals surface area contributed by atoms with Gasteiger partial charge in [-0.3, -0.25) is 9.36 Å². The van der Waals surface area contributed by atoms with E-state index in [0.717, 1.165) is 49.7 Å². The summed E-state index contributed by atoms with van der Waals surface area (Å²) in [7, 11) is 2.89. The highest BCUT2D eigenvalue weighted by Crippen LogP contribution is 2.38. The van der Waals surface area contributed by atoms with E-state index in [1.54, 1.807) is 46.9 Å². The van der Waals surface area contributed by atoms with Crippen LogP contribution in [0.25, 0.3) is 11.4 Å². The molecule has 20 nitrogen and oxygen atoms in total. The van der Waals surface area contributed by atoms with Gasteiger partial charge in [0.25, 0.3) is 0 Å². The highest BCUT2D eigenvalue weighted by Gasteiger charge is 2.52. The molecule has 9 rings (SSSR count). The molecule has 0 radical (unpaired) electrons. The van der Waals surface area contributed by atoms with Gasteiger partial charge in [-0.1, -0.05) is 31.0 Å². The van der Waals surface area contributed by atoms with Crippen LogP contribution >= 0.6 is 11.6 Å². The number of halogens is 3. The molecule has 3 aliphatic rings. The van der Waals surface area contributed by atoms with Crippen LogP contribution in [0, 0.1) is 11.6 Å². The highest BCUT2D eigenvalue weighted by molar-refractivity contribution is 6.62. The van der Waals surface area contributed by atoms with Crippen molar-refractivity contribution in [3.05, 3.63) is 101 Å². The molecular weight excluding hydrogens is 1000 g/mol. The SMILES string of the molecule is CC(C)(C)OC(=O)N[C@@H]1CCCCc2c1ccc(B1OC(C)(C)C(C)(C)O1)c2F.Cn1ccc(Nc2ncnc(-c3ccc4c(c3F)CCCC[C@H]4NC(=O)OC(C)(C)C)n2)n1.Cn1ccc(Nc2ncnc(Cl)n2)n1. The molecule has 4 N–H and O–H groups in total. The first-order valence-corrected chi connectivity index (χ1v) is 25.7. The number of carbonyl (C=O) groups excluding carboxylic acids is 2. The predicted octanol–water partition coefficient (Wildman–Crippen LogP) is 9.87. The third-order valence-electron chi connectivity index (χ3n) is 12.8. The lowest BCUT2D eigenvalue weighted by Crippen LogP contribution is -2.41. The summed E-state index contributed by atoms with van der Waals surface area (Å²) in [4.78, 5) is 48.7. The van der Waals surface area contributed by atoms with Gasteiger partial charge in [-0.2, -0.15) is 20.2 Å². The standard InChI is InChI=1S/C23H28FN7O2.C22H33BFNO4.C7H7ClN6/c1-23(2,3)33-22(32)27-17-8-6-5-7-15-14(17)9-10-16(19(15)24)20-25-13-26-21(29-20)28-18-11-12-31(4)30-18;1-20(2,3)27-19(26)25-17-11-9-8-10-15-14(17)12-13-16(18(15)24)23-28-21(4,5)22(6,7)29-23;1-14-3-2-5(13-14)11-7-10-4-9-6(8)12-7/h9-13,17H,5-8H2,1-4H3,(H,27,32)(H,25,26,28,29,30);12-13,17H,8-11H2,1-7H3,(H,25,26);2-4H,1H3,(H,9,10,11,12,13)/t2*17-;/m11./s1. The van der Waals surface area contributed by atoms with Crippen LogP contribution in [0.1, 0.15) is 142 Å². The quantitative estimate of drug-likeness (QED) is 0.0820. The van der Waals surface area contributed by atoms with Gasteiger partial charge in [0.2, 0.25) is 17.2 Å². The van der Waals surface area contributed by atoms with Crippen molar-refractivity contribution in [1.82, 2.24) is 60.1 Å². The molecule has 2 atom stereocenters. The summed E-state index contributed by atoms with van der Waals surface area (Å²) in [6, 6.07) is 10.1.